The summed E-state index contributed by atoms with van der Waals surface area (Å²) in [6, 6.07) is 5.38. The minimum Gasteiger partial charge on any atom is -0.492 e. The van der Waals surface area contributed by atoms with Crippen molar-refractivity contribution in [1.82, 2.24) is 28.6 Å². The fourth-order valence-corrected chi connectivity index (χ4v) is 4.78. The minimum atomic E-state index is -0.277. The Morgan fingerprint density at radius 2 is 2.00 bits per heavy atom. The van der Waals surface area contributed by atoms with Crippen LogP contribution >= 0.6 is 0 Å². The highest BCUT2D eigenvalue weighted by atomic mass is 16.5. The largest absolute Gasteiger partial charge is 0.492 e. The molecule has 0 aliphatic heterocycles. The zero-order chi connectivity index (χ0) is 27.7. The number of hydrogen-bond acceptors (Lipinski definition) is 6. The molecule has 10 heteroatoms. The Kier molecular flexibility index (Phi) is 7.02. The summed E-state index contributed by atoms with van der Waals surface area (Å²) < 4.78 is 10.7. The molecule has 1 aliphatic carbocycles. The van der Waals surface area contributed by atoms with Crippen LogP contribution in [0, 0.1) is 0 Å². The van der Waals surface area contributed by atoms with Crippen LogP contribution in [0.1, 0.15) is 32.2 Å². The molecule has 5 rings (SSSR count). The molecule has 0 saturated heterocycles. The number of allylic oxidation sites excluding steroid dienone is 4. The van der Waals surface area contributed by atoms with Crippen molar-refractivity contribution < 1.29 is 4.74 Å². The lowest BCUT2D eigenvalue weighted by molar-refractivity contribution is 0.311. The van der Waals surface area contributed by atoms with Crippen LogP contribution in [0.3, 0.4) is 0 Å². The van der Waals surface area contributed by atoms with Crippen molar-refractivity contribution in [2.45, 2.75) is 32.2 Å². The monoisotopic (exact) mass is 525 g/mol. The lowest BCUT2D eigenvalue weighted by Crippen LogP contribution is -2.30. The van der Waals surface area contributed by atoms with E-state index in [2.05, 4.69) is 28.1 Å². The van der Waals surface area contributed by atoms with Gasteiger partial charge in [0, 0.05) is 31.2 Å². The van der Waals surface area contributed by atoms with Crippen molar-refractivity contribution in [3.63, 3.8) is 0 Å². The van der Waals surface area contributed by atoms with Crippen LogP contribution in [0.2, 0.25) is 0 Å². The van der Waals surface area contributed by atoms with Gasteiger partial charge in [-0.3, -0.25) is 18.5 Å². The number of rotatable bonds is 9. The Hall–Kier alpha value is -4.73. The number of ether oxygens (including phenoxy) is 1. The van der Waals surface area contributed by atoms with Gasteiger partial charge in [0.25, 0.3) is 5.56 Å². The Morgan fingerprint density at radius 1 is 1.21 bits per heavy atom. The smallest absolute Gasteiger partial charge is 0.335 e. The Morgan fingerprint density at radius 3 is 2.64 bits per heavy atom. The molecule has 0 unspecified atom stereocenters. The highest BCUT2D eigenvalue weighted by molar-refractivity contribution is 5.91. The maximum absolute atomic E-state index is 14.0. The number of hydrogen-bond donors (Lipinski definition) is 0. The van der Waals surface area contributed by atoms with Crippen molar-refractivity contribution in [2.24, 2.45) is 4.99 Å². The molecule has 0 atom stereocenters. The lowest BCUT2D eigenvalue weighted by atomic mass is 9.93. The maximum atomic E-state index is 14.0. The Balaban J connectivity index is 1.84. The third kappa shape index (κ3) is 4.47. The molecule has 0 spiro atoms. The topological polar surface area (TPSA) is 99.5 Å². The molecular formula is C29H31N7O3. The van der Waals surface area contributed by atoms with Gasteiger partial charge < -0.3 is 9.64 Å². The van der Waals surface area contributed by atoms with Gasteiger partial charge in [-0.05, 0) is 56.5 Å². The molecule has 1 aromatic carbocycles. The molecule has 3 heterocycles. The Bertz CT molecular complexity index is 1770. The third-order valence-electron chi connectivity index (χ3n) is 6.78. The zero-order valence-electron chi connectivity index (χ0n) is 22.4. The van der Waals surface area contributed by atoms with Gasteiger partial charge in [0.15, 0.2) is 11.5 Å². The highest BCUT2D eigenvalue weighted by Gasteiger charge is 2.28. The molecule has 1 saturated carbocycles. The number of fused-ring (bicyclic) bond motifs is 2. The van der Waals surface area contributed by atoms with E-state index in [0.717, 1.165) is 19.3 Å². The summed E-state index contributed by atoms with van der Waals surface area (Å²) in [5.74, 6) is 0.909. The fraction of sp³-hybridized carbons (Fsp3) is 0.276. The van der Waals surface area contributed by atoms with E-state index >= 15 is 0 Å². The van der Waals surface area contributed by atoms with E-state index in [4.69, 9.17) is 4.74 Å². The summed E-state index contributed by atoms with van der Waals surface area (Å²) in [5, 5.41) is 1.03. The molecule has 0 amide bonds. The number of benzene rings is 1. The average Bonchev–Trinajstić information content (AvgIpc) is 3.19. The summed E-state index contributed by atoms with van der Waals surface area (Å²) in [4.78, 5) is 42.9. The van der Waals surface area contributed by atoms with Gasteiger partial charge in [0.1, 0.15) is 17.6 Å². The van der Waals surface area contributed by atoms with Gasteiger partial charge in [-0.2, -0.15) is 0 Å². The first kappa shape index (κ1) is 25.9. The van der Waals surface area contributed by atoms with Gasteiger partial charge in [0.2, 0.25) is 0 Å². The van der Waals surface area contributed by atoms with Crippen LogP contribution in [0.4, 0.5) is 5.82 Å². The second-order valence-electron chi connectivity index (χ2n) is 9.51. The molecule has 0 radical (unpaired) electrons. The molecule has 3 aromatic heterocycles. The van der Waals surface area contributed by atoms with Gasteiger partial charge in [-0.15, -0.1) is 0 Å². The summed E-state index contributed by atoms with van der Waals surface area (Å²) >= 11 is 0. The predicted molar refractivity (Wildman–Crippen MR) is 155 cm³/mol. The number of imidazole rings is 1. The van der Waals surface area contributed by atoms with E-state index < -0.39 is 0 Å². The first-order chi connectivity index (χ1) is 18.9. The van der Waals surface area contributed by atoms with Crippen molar-refractivity contribution >= 4 is 39.8 Å². The Labute approximate surface area is 225 Å². The number of aliphatic imine (C=N–C) groups is 1. The molecule has 0 bridgehead atoms. The van der Waals surface area contributed by atoms with E-state index in [1.165, 1.54) is 10.9 Å². The number of aromatic nitrogens is 5. The molecule has 200 valence electrons. The van der Waals surface area contributed by atoms with E-state index in [1.54, 1.807) is 63.0 Å². The first-order valence-electron chi connectivity index (χ1n) is 12.9. The van der Waals surface area contributed by atoms with Crippen LogP contribution in [0.25, 0.3) is 33.3 Å². The predicted octanol–water partition coefficient (Wildman–Crippen LogP) is 4.46. The minimum absolute atomic E-state index is 0.0586. The van der Waals surface area contributed by atoms with Gasteiger partial charge in [-0.25, -0.2) is 19.8 Å². The van der Waals surface area contributed by atoms with E-state index in [0.29, 0.717) is 51.5 Å². The van der Waals surface area contributed by atoms with Crippen LogP contribution in [0.5, 0.6) is 5.75 Å². The number of pyridine rings is 1. The second kappa shape index (κ2) is 10.6. The summed E-state index contributed by atoms with van der Waals surface area (Å²) in [6.45, 7) is 9.88. The average molecular weight is 526 g/mol. The highest BCUT2D eigenvalue weighted by Crippen LogP contribution is 2.35. The molecular weight excluding hydrogens is 494 g/mol. The van der Waals surface area contributed by atoms with Gasteiger partial charge >= 0.3 is 5.69 Å². The SMILES string of the molecule is C=C/C=C(\C=C)n1cc(OCC)c2ccc(-n3c(=O)n(C4CCC4)c4ncnc(/N=C/N(C)C)c43)cc2c1=O. The van der Waals surface area contributed by atoms with E-state index in [9.17, 15) is 9.59 Å². The van der Waals surface area contributed by atoms with Gasteiger partial charge in [-0.1, -0.05) is 19.2 Å². The molecule has 39 heavy (non-hydrogen) atoms. The molecule has 1 fully saturated rings. The van der Waals surface area contributed by atoms with Crippen molar-refractivity contribution in [2.75, 3.05) is 20.7 Å². The summed E-state index contributed by atoms with van der Waals surface area (Å²) in [5.41, 5.74) is 1.56. The van der Waals surface area contributed by atoms with Gasteiger partial charge in [0.05, 0.1) is 30.2 Å². The third-order valence-corrected chi connectivity index (χ3v) is 6.78. The van der Waals surface area contributed by atoms with E-state index in [-0.39, 0.29) is 17.3 Å². The second-order valence-corrected chi connectivity index (χ2v) is 9.51. The van der Waals surface area contributed by atoms with Crippen LogP contribution in [-0.2, 0) is 0 Å². The van der Waals surface area contributed by atoms with Crippen molar-refractivity contribution in [3.8, 4) is 11.4 Å². The fourth-order valence-electron chi connectivity index (χ4n) is 4.78. The van der Waals surface area contributed by atoms with Crippen LogP contribution in [0.15, 0.2) is 76.7 Å². The molecule has 4 aromatic rings. The van der Waals surface area contributed by atoms with Crippen LogP contribution in [-0.4, -0.2) is 55.6 Å². The normalized spacial score (nSPS) is 14.2. The first-order valence-corrected chi connectivity index (χ1v) is 12.9. The van der Waals surface area contributed by atoms with E-state index in [1.807, 2.05) is 21.0 Å². The summed E-state index contributed by atoms with van der Waals surface area (Å²) in [6.07, 6.45) is 12.4. The molecule has 10 nitrogen and oxygen atoms in total. The number of nitrogens with zero attached hydrogens (tertiary/aromatic N) is 7. The quantitative estimate of drug-likeness (QED) is 0.182. The van der Waals surface area contributed by atoms with Crippen molar-refractivity contribution in [1.29, 1.82) is 0 Å². The van der Waals surface area contributed by atoms with Crippen molar-refractivity contribution in [3.05, 3.63) is 82.9 Å². The maximum Gasteiger partial charge on any atom is 0.335 e. The van der Waals surface area contributed by atoms with Crippen LogP contribution < -0.4 is 16.0 Å². The zero-order valence-corrected chi connectivity index (χ0v) is 22.4. The molecule has 0 N–H and O–H groups in total. The standard InChI is InChI=1S/C29H31N7O3/c1-6-10-19(7-2)34-16-24(39-8-3)22-14-13-21(15-23(22)28(34)37)35-25-26(32-18-33(4)5)30-17-31-27(25)36(29(35)38)20-11-9-12-20/h6-7,10,13-18,20H,1-2,8-9,11-12H2,3-5H3/b19-10+,32-18+. The molecule has 1 aliphatic rings. The lowest BCUT2D eigenvalue weighted by Gasteiger charge is -2.26. The summed E-state index contributed by atoms with van der Waals surface area (Å²) in [7, 11) is 3.72.